The molecule has 0 aliphatic carbocycles. The van der Waals surface area contributed by atoms with E-state index in [1.807, 2.05) is 30.3 Å². The van der Waals surface area contributed by atoms with Crippen LogP contribution < -0.4 is 4.74 Å². The normalized spacial score (nSPS) is 12.8. The Morgan fingerprint density at radius 2 is 1.38 bits per heavy atom. The Morgan fingerprint density at radius 1 is 0.794 bits per heavy atom. The molecule has 188 valence electrons. The molecule has 0 amide bonds. The Hall–Kier alpha value is -1.26. The van der Waals surface area contributed by atoms with Gasteiger partial charge in [0, 0.05) is 0 Å². The summed E-state index contributed by atoms with van der Waals surface area (Å²) in [5, 5.41) is 10.6. The van der Waals surface area contributed by atoms with Crippen molar-refractivity contribution in [2.75, 3.05) is 0 Å². The molecule has 0 saturated carbocycles. The van der Waals surface area contributed by atoms with E-state index in [0.29, 0.717) is 6.61 Å². The summed E-state index contributed by atoms with van der Waals surface area (Å²) in [7, 11) is 0. The van der Waals surface area contributed by atoms with Crippen LogP contribution in [0.4, 0.5) is 0 Å². The quantitative estimate of drug-likeness (QED) is 0.181. The first-order valence-electron chi connectivity index (χ1n) is 13.7. The summed E-state index contributed by atoms with van der Waals surface area (Å²) in [6.07, 6.45) is 12.8. The maximum atomic E-state index is 10.6. The van der Waals surface area contributed by atoms with Crippen LogP contribution in [0.2, 0.25) is 13.3 Å². The zero-order chi connectivity index (χ0) is 24.5. The summed E-state index contributed by atoms with van der Waals surface area (Å²) < 4.78 is 13.1. The minimum atomic E-state index is -2.22. The van der Waals surface area contributed by atoms with Gasteiger partial charge in [-0.15, -0.1) is 0 Å². The summed E-state index contributed by atoms with van der Waals surface area (Å²) in [6.45, 7) is 7.57. The van der Waals surface area contributed by atoms with Crippen LogP contribution in [0, 0.1) is 0 Å². The van der Waals surface area contributed by atoms with Gasteiger partial charge in [-0.3, -0.25) is 0 Å². The van der Waals surface area contributed by atoms with Crippen LogP contribution in [0.25, 0.3) is 0 Å². The van der Waals surface area contributed by atoms with Gasteiger partial charge in [-0.05, 0) is 5.56 Å². The summed E-state index contributed by atoms with van der Waals surface area (Å²) in [5.41, 5.74) is 2.44. The zero-order valence-corrected chi connectivity index (χ0v) is 24.8. The summed E-state index contributed by atoms with van der Waals surface area (Å²) in [5.74, 6) is 0.895. The molecule has 3 heteroatoms. The van der Waals surface area contributed by atoms with Gasteiger partial charge in [0.05, 0.1) is 0 Å². The molecule has 1 atom stereocenters. The molecule has 1 N–H and O–H groups in total. The van der Waals surface area contributed by atoms with Gasteiger partial charge < -0.3 is 0 Å². The van der Waals surface area contributed by atoms with Crippen molar-refractivity contribution in [3.8, 4) is 5.75 Å². The van der Waals surface area contributed by atoms with Gasteiger partial charge in [0.1, 0.15) is 0 Å². The Kier molecular flexibility index (Phi) is 14.7. The number of hydrogen-bond acceptors (Lipinski definition) is 2. The van der Waals surface area contributed by atoms with Gasteiger partial charge in [-0.25, -0.2) is 0 Å². The van der Waals surface area contributed by atoms with Crippen LogP contribution in [0.5, 0.6) is 5.75 Å². The third-order valence-corrected chi connectivity index (χ3v) is 21.1. The Labute approximate surface area is 213 Å². The second-order valence-corrected chi connectivity index (χ2v) is 22.9. The first-order valence-corrected chi connectivity index (χ1v) is 21.4. The number of ether oxygens (including phenoxy) is 1. The molecule has 0 bridgehead atoms. The molecular formula is C31H48O2Sn. The van der Waals surface area contributed by atoms with E-state index in [0.717, 1.165) is 25.0 Å². The molecule has 0 aromatic heterocycles. The van der Waals surface area contributed by atoms with Gasteiger partial charge in [0.15, 0.2) is 0 Å². The first-order chi connectivity index (χ1) is 16.6. The molecule has 0 fully saturated rings. The monoisotopic (exact) mass is 572 g/mol. The molecule has 0 radical (unpaired) electrons. The topological polar surface area (TPSA) is 29.5 Å². The summed E-state index contributed by atoms with van der Waals surface area (Å²) in [6, 6.07) is 18.6. The molecule has 0 spiro atoms. The van der Waals surface area contributed by atoms with Crippen molar-refractivity contribution in [2.45, 2.75) is 105 Å². The van der Waals surface area contributed by atoms with Crippen molar-refractivity contribution in [1.82, 2.24) is 0 Å². The van der Waals surface area contributed by atoms with Gasteiger partial charge in [-0.1, -0.05) is 30.3 Å². The third-order valence-electron chi connectivity index (χ3n) is 6.90. The number of hydrogen-bond donors (Lipinski definition) is 1. The fraction of sp³-hybridized carbons (Fsp3) is 0.548. The Morgan fingerprint density at radius 3 is 1.94 bits per heavy atom. The summed E-state index contributed by atoms with van der Waals surface area (Å²) >= 11 is -2.22. The van der Waals surface area contributed by atoms with E-state index in [2.05, 4.69) is 55.2 Å². The molecule has 2 nitrogen and oxygen atoms in total. The SMILES string of the molecule is CCC[CH2][Sn](/[CH]=C\C[C@@H](O)CCc1ccc(OCc2ccccc2)cc1)([CH2]CCC)[CH2]CCC. The van der Waals surface area contributed by atoms with Crippen molar-refractivity contribution >= 4 is 18.4 Å². The number of aryl methyl sites for hydroxylation is 1. The molecule has 0 saturated heterocycles. The fourth-order valence-electron chi connectivity index (χ4n) is 4.63. The third kappa shape index (κ3) is 11.4. The Bertz CT molecular complexity index is 763. The van der Waals surface area contributed by atoms with E-state index in [1.54, 1.807) is 0 Å². The van der Waals surface area contributed by atoms with E-state index in [-0.39, 0.29) is 6.10 Å². The van der Waals surface area contributed by atoms with E-state index in [4.69, 9.17) is 4.74 Å². The van der Waals surface area contributed by atoms with E-state index in [1.165, 1.54) is 63.0 Å². The number of rotatable bonds is 18. The van der Waals surface area contributed by atoms with Crippen molar-refractivity contribution in [3.63, 3.8) is 0 Å². The standard InChI is InChI=1S/C19H21O2.3C4H9.Sn/c1-2-6-18(20)12-9-16-10-13-19(14-11-16)21-15-17-7-4-3-5-8-17;3*1-3-4-2;/h1-5,7-8,10-11,13-14,18,20H,6,9,12,15H2;3*1,3-4H2,2H3;/t18-;;;;/m1..../s1. The molecule has 0 heterocycles. The van der Waals surface area contributed by atoms with E-state index in [9.17, 15) is 5.11 Å². The predicted octanol–water partition coefficient (Wildman–Crippen LogP) is 8.89. The fourth-order valence-corrected chi connectivity index (χ4v) is 19.1. The molecule has 0 aliphatic heterocycles. The molecule has 2 aromatic carbocycles. The minimum absolute atomic E-state index is 0.252. The second-order valence-electron chi connectivity index (χ2n) is 9.92. The second kappa shape index (κ2) is 17.2. The molecular weight excluding hydrogens is 523 g/mol. The maximum absolute atomic E-state index is 10.6. The number of aliphatic hydroxyl groups is 1. The van der Waals surface area contributed by atoms with Crippen molar-refractivity contribution in [1.29, 1.82) is 0 Å². The van der Waals surface area contributed by atoms with Gasteiger partial charge in [-0.2, -0.15) is 0 Å². The van der Waals surface area contributed by atoms with Gasteiger partial charge >= 0.3 is 179 Å². The van der Waals surface area contributed by atoms with Crippen LogP contribution in [-0.2, 0) is 13.0 Å². The molecule has 34 heavy (non-hydrogen) atoms. The summed E-state index contributed by atoms with van der Waals surface area (Å²) in [4.78, 5) is 0. The predicted molar refractivity (Wildman–Crippen MR) is 150 cm³/mol. The average molecular weight is 571 g/mol. The molecule has 2 aromatic rings. The van der Waals surface area contributed by atoms with Crippen LogP contribution in [0.15, 0.2) is 64.8 Å². The molecule has 0 unspecified atom stereocenters. The van der Waals surface area contributed by atoms with Gasteiger partial charge in [0.25, 0.3) is 0 Å². The van der Waals surface area contributed by atoms with Crippen LogP contribution in [0.3, 0.4) is 0 Å². The van der Waals surface area contributed by atoms with Crippen LogP contribution >= 0.6 is 0 Å². The Balaban J connectivity index is 1.82. The molecule has 2 rings (SSSR count). The molecule has 0 aliphatic rings. The average Bonchev–Trinajstić information content (AvgIpc) is 2.88. The number of unbranched alkanes of at least 4 members (excludes halogenated alkanes) is 3. The van der Waals surface area contributed by atoms with Crippen molar-refractivity contribution in [2.24, 2.45) is 0 Å². The number of aliphatic hydroxyl groups excluding tert-OH is 1. The number of benzene rings is 2. The van der Waals surface area contributed by atoms with Crippen molar-refractivity contribution in [3.05, 3.63) is 75.9 Å². The van der Waals surface area contributed by atoms with Gasteiger partial charge in [0.2, 0.25) is 0 Å². The van der Waals surface area contributed by atoms with Crippen molar-refractivity contribution < 1.29 is 9.84 Å². The van der Waals surface area contributed by atoms with E-state index >= 15 is 0 Å². The first kappa shape index (κ1) is 29.0. The zero-order valence-electron chi connectivity index (χ0n) is 22.0. The van der Waals surface area contributed by atoms with E-state index < -0.39 is 18.4 Å². The van der Waals surface area contributed by atoms with Crippen LogP contribution in [-0.4, -0.2) is 29.6 Å². The van der Waals surface area contributed by atoms with Crippen LogP contribution in [0.1, 0.15) is 83.3 Å².